The molecule has 0 aliphatic rings. The summed E-state index contributed by atoms with van der Waals surface area (Å²) >= 11 is 1.39. The molecular weight excluding hydrogens is 312 g/mol. The number of hydrogen-bond acceptors (Lipinski definition) is 5. The molecule has 0 bridgehead atoms. The first kappa shape index (κ1) is 15.4. The van der Waals surface area contributed by atoms with Crippen LogP contribution in [0.5, 0.6) is 0 Å². The molecular formula is C17H16N2O3S. The summed E-state index contributed by atoms with van der Waals surface area (Å²) in [6, 6.07) is 7.82. The molecule has 0 fully saturated rings. The van der Waals surface area contributed by atoms with Crippen LogP contribution in [0, 0.1) is 6.92 Å². The molecule has 5 nitrogen and oxygen atoms in total. The Balaban J connectivity index is 2.03. The van der Waals surface area contributed by atoms with Crippen LogP contribution < -0.4 is 0 Å². The highest BCUT2D eigenvalue weighted by Crippen LogP contribution is 2.29. The fourth-order valence-electron chi connectivity index (χ4n) is 2.49. The van der Waals surface area contributed by atoms with Crippen molar-refractivity contribution >= 4 is 28.6 Å². The van der Waals surface area contributed by atoms with E-state index in [-0.39, 0.29) is 12.4 Å². The van der Waals surface area contributed by atoms with Crippen LogP contribution in [0.15, 0.2) is 30.5 Å². The number of esters is 1. The van der Waals surface area contributed by atoms with Crippen LogP contribution in [-0.4, -0.2) is 28.2 Å². The molecule has 23 heavy (non-hydrogen) atoms. The van der Waals surface area contributed by atoms with Crippen molar-refractivity contribution in [2.24, 2.45) is 0 Å². The first-order valence-electron chi connectivity index (χ1n) is 7.31. The van der Waals surface area contributed by atoms with E-state index < -0.39 is 0 Å². The minimum atomic E-state index is -0.274. The maximum Gasteiger partial charge on any atom is 0.311 e. The van der Waals surface area contributed by atoms with Gasteiger partial charge in [0, 0.05) is 16.6 Å². The van der Waals surface area contributed by atoms with E-state index in [1.165, 1.54) is 11.3 Å². The largest absolute Gasteiger partial charge is 0.466 e. The van der Waals surface area contributed by atoms with Gasteiger partial charge in [-0.1, -0.05) is 24.3 Å². The van der Waals surface area contributed by atoms with E-state index in [9.17, 15) is 9.59 Å². The summed E-state index contributed by atoms with van der Waals surface area (Å²) < 4.78 is 6.70. The van der Waals surface area contributed by atoms with Crippen LogP contribution in [0.3, 0.4) is 0 Å². The van der Waals surface area contributed by atoms with Gasteiger partial charge in [0.05, 0.1) is 13.0 Å². The van der Waals surface area contributed by atoms with Gasteiger partial charge in [-0.25, -0.2) is 4.98 Å². The summed E-state index contributed by atoms with van der Waals surface area (Å²) in [4.78, 5) is 29.3. The van der Waals surface area contributed by atoms with Crippen LogP contribution in [0.1, 0.15) is 27.9 Å². The normalized spacial score (nSPS) is 10.9. The molecule has 0 saturated carbocycles. The average molecular weight is 328 g/mol. The van der Waals surface area contributed by atoms with Crippen LogP contribution in [0.2, 0.25) is 0 Å². The number of aldehydes is 1. The van der Waals surface area contributed by atoms with Gasteiger partial charge in [0.2, 0.25) is 0 Å². The Kier molecular flexibility index (Phi) is 4.25. The third-order valence-electron chi connectivity index (χ3n) is 3.55. The van der Waals surface area contributed by atoms with Crippen LogP contribution in [0.25, 0.3) is 16.2 Å². The molecule has 6 heteroatoms. The fourth-order valence-corrected chi connectivity index (χ4v) is 3.46. The van der Waals surface area contributed by atoms with E-state index in [1.807, 2.05) is 31.2 Å². The molecule has 0 saturated heterocycles. The standard InChI is InChI=1S/C17H16N2O3S/c1-3-22-15(21)8-12-9-19-14(10-20)16(18-17(19)23-12)13-7-5-4-6-11(13)2/h4-7,9-10H,3,8H2,1-2H3. The number of imidazole rings is 1. The van der Waals surface area contributed by atoms with E-state index in [2.05, 4.69) is 4.98 Å². The van der Waals surface area contributed by atoms with Crippen molar-refractivity contribution in [2.75, 3.05) is 6.61 Å². The summed E-state index contributed by atoms with van der Waals surface area (Å²) in [6.45, 7) is 4.12. The fraction of sp³-hybridized carbons (Fsp3) is 0.235. The van der Waals surface area contributed by atoms with Gasteiger partial charge >= 0.3 is 5.97 Å². The van der Waals surface area contributed by atoms with Gasteiger partial charge in [-0.2, -0.15) is 0 Å². The molecule has 3 rings (SSSR count). The second kappa shape index (κ2) is 6.34. The molecule has 118 valence electrons. The van der Waals surface area contributed by atoms with E-state index in [1.54, 1.807) is 17.5 Å². The lowest BCUT2D eigenvalue weighted by Crippen LogP contribution is -2.06. The van der Waals surface area contributed by atoms with Gasteiger partial charge in [0.1, 0.15) is 11.4 Å². The van der Waals surface area contributed by atoms with E-state index in [4.69, 9.17) is 4.74 Å². The highest BCUT2D eigenvalue weighted by Gasteiger charge is 2.18. The highest BCUT2D eigenvalue weighted by molar-refractivity contribution is 7.17. The van der Waals surface area contributed by atoms with Gasteiger partial charge in [-0.3, -0.25) is 14.0 Å². The Morgan fingerprint density at radius 1 is 1.39 bits per heavy atom. The Bertz CT molecular complexity index is 879. The van der Waals surface area contributed by atoms with E-state index in [0.29, 0.717) is 23.0 Å². The van der Waals surface area contributed by atoms with Crippen molar-refractivity contribution in [1.29, 1.82) is 0 Å². The number of carbonyl (C=O) groups excluding carboxylic acids is 2. The Morgan fingerprint density at radius 3 is 2.87 bits per heavy atom. The maximum absolute atomic E-state index is 11.6. The lowest BCUT2D eigenvalue weighted by Gasteiger charge is -2.03. The van der Waals surface area contributed by atoms with Crippen molar-refractivity contribution in [3.8, 4) is 11.3 Å². The lowest BCUT2D eigenvalue weighted by molar-refractivity contribution is -0.142. The molecule has 0 radical (unpaired) electrons. The Morgan fingerprint density at radius 2 is 2.17 bits per heavy atom. The number of carbonyl (C=O) groups is 2. The molecule has 0 unspecified atom stereocenters. The number of benzene rings is 1. The smallest absolute Gasteiger partial charge is 0.311 e. The monoisotopic (exact) mass is 328 g/mol. The molecule has 0 atom stereocenters. The van der Waals surface area contributed by atoms with Gasteiger partial charge in [-0.15, -0.1) is 11.3 Å². The topological polar surface area (TPSA) is 60.7 Å². The molecule has 0 N–H and O–H groups in total. The number of nitrogens with zero attached hydrogens (tertiary/aromatic N) is 2. The number of rotatable bonds is 5. The van der Waals surface area contributed by atoms with E-state index >= 15 is 0 Å². The quantitative estimate of drug-likeness (QED) is 0.533. The molecule has 3 aromatic rings. The molecule has 0 amide bonds. The van der Waals surface area contributed by atoms with Gasteiger partial charge < -0.3 is 4.74 Å². The summed E-state index contributed by atoms with van der Waals surface area (Å²) in [5.74, 6) is -0.274. The van der Waals surface area contributed by atoms with Gasteiger partial charge in [0.25, 0.3) is 0 Å². The zero-order chi connectivity index (χ0) is 16.4. The molecule has 2 aromatic heterocycles. The average Bonchev–Trinajstić information content (AvgIpc) is 3.04. The number of thiazole rings is 1. The zero-order valence-electron chi connectivity index (χ0n) is 12.9. The summed E-state index contributed by atoms with van der Waals surface area (Å²) in [7, 11) is 0. The first-order chi connectivity index (χ1) is 11.1. The van der Waals surface area contributed by atoms with Crippen molar-refractivity contribution in [3.63, 3.8) is 0 Å². The van der Waals surface area contributed by atoms with Gasteiger partial charge in [0.15, 0.2) is 11.2 Å². The summed E-state index contributed by atoms with van der Waals surface area (Å²) in [5.41, 5.74) is 3.18. The van der Waals surface area contributed by atoms with Crippen LogP contribution in [-0.2, 0) is 16.0 Å². The third-order valence-corrected chi connectivity index (χ3v) is 4.53. The third kappa shape index (κ3) is 2.90. The molecule has 1 aromatic carbocycles. The molecule has 2 heterocycles. The van der Waals surface area contributed by atoms with Crippen LogP contribution in [0.4, 0.5) is 0 Å². The van der Waals surface area contributed by atoms with E-state index in [0.717, 1.165) is 22.3 Å². The second-order valence-corrected chi connectivity index (χ2v) is 6.20. The predicted molar refractivity (Wildman–Crippen MR) is 89.0 cm³/mol. The Labute approximate surface area is 137 Å². The molecule has 0 aliphatic heterocycles. The van der Waals surface area contributed by atoms with Crippen molar-refractivity contribution < 1.29 is 14.3 Å². The number of aryl methyl sites for hydroxylation is 1. The number of aromatic nitrogens is 2. The van der Waals surface area contributed by atoms with Crippen molar-refractivity contribution in [2.45, 2.75) is 20.3 Å². The molecule has 0 spiro atoms. The number of fused-ring (bicyclic) bond motifs is 1. The van der Waals surface area contributed by atoms with Crippen LogP contribution >= 0.6 is 11.3 Å². The Hall–Kier alpha value is -2.47. The minimum Gasteiger partial charge on any atom is -0.466 e. The first-order valence-corrected chi connectivity index (χ1v) is 8.13. The highest BCUT2D eigenvalue weighted by atomic mass is 32.1. The number of hydrogen-bond donors (Lipinski definition) is 0. The summed E-state index contributed by atoms with van der Waals surface area (Å²) in [5, 5.41) is 0. The lowest BCUT2D eigenvalue weighted by atomic mass is 10.0. The zero-order valence-corrected chi connectivity index (χ0v) is 13.7. The maximum atomic E-state index is 11.6. The SMILES string of the molecule is CCOC(=O)Cc1cn2c(C=O)c(-c3ccccc3C)nc2s1. The minimum absolute atomic E-state index is 0.194. The summed E-state index contributed by atoms with van der Waals surface area (Å²) in [6.07, 6.45) is 2.79. The number of ether oxygens (including phenoxy) is 1. The predicted octanol–water partition coefficient (Wildman–Crippen LogP) is 3.29. The molecule has 0 aliphatic carbocycles. The second-order valence-electron chi connectivity index (χ2n) is 5.11. The van der Waals surface area contributed by atoms with Crippen molar-refractivity contribution in [1.82, 2.24) is 9.38 Å². The van der Waals surface area contributed by atoms with Crippen molar-refractivity contribution in [3.05, 3.63) is 46.6 Å². The van der Waals surface area contributed by atoms with Gasteiger partial charge in [-0.05, 0) is 19.4 Å².